The fourth-order valence-electron chi connectivity index (χ4n) is 5.03. The first kappa shape index (κ1) is 34.3. The van der Waals surface area contributed by atoms with Gasteiger partial charge in [-0.15, -0.1) is 0 Å². The van der Waals surface area contributed by atoms with Crippen LogP contribution in [0, 0.1) is 5.82 Å². The van der Waals surface area contributed by atoms with Crippen molar-refractivity contribution in [3.05, 3.63) is 35.3 Å². The van der Waals surface area contributed by atoms with Gasteiger partial charge in [0, 0.05) is 18.3 Å². The van der Waals surface area contributed by atoms with E-state index in [0.29, 0.717) is 31.9 Å². The van der Waals surface area contributed by atoms with Crippen LogP contribution in [-0.2, 0) is 16.2 Å². The highest BCUT2D eigenvalue weighted by molar-refractivity contribution is 7.88. The summed E-state index contributed by atoms with van der Waals surface area (Å²) in [7, 11) is -0.378. The molecule has 1 aliphatic carbocycles. The average Bonchev–Trinajstić information content (AvgIpc) is 2.90. The Morgan fingerprint density at radius 1 is 1.12 bits per heavy atom. The molecule has 0 bridgehead atoms. The first-order valence-corrected chi connectivity index (χ1v) is 15.3. The quantitative estimate of drug-likeness (QED) is 0.349. The highest BCUT2D eigenvalue weighted by atomic mass is 32.2. The third-order valence-corrected chi connectivity index (χ3v) is 7.96. The molecule has 2 aliphatic rings. The summed E-state index contributed by atoms with van der Waals surface area (Å²) < 4.78 is 93.5. The predicted molar refractivity (Wildman–Crippen MR) is 153 cm³/mol. The SMILES string of the molecule is C.COc1cc(C(=O)NC2CCN(C)CC2)c(F)cc1Nc1ncc(C(F)(F)F)c(O[C@@H]2CCCC[C@H]2NS(C)(=O)=O)n1. The maximum atomic E-state index is 15.1. The van der Waals surface area contributed by atoms with E-state index in [1.54, 1.807) is 0 Å². The number of halogens is 4. The second kappa shape index (κ2) is 14.0. The molecule has 1 aliphatic heterocycles. The zero-order valence-corrected chi connectivity index (χ0v) is 24.2. The minimum absolute atomic E-state index is 0. The average molecular weight is 635 g/mol. The van der Waals surface area contributed by atoms with Gasteiger partial charge in [-0.3, -0.25) is 4.79 Å². The molecule has 16 heteroatoms. The van der Waals surface area contributed by atoms with E-state index in [1.807, 2.05) is 7.05 Å². The Morgan fingerprint density at radius 3 is 2.42 bits per heavy atom. The molecule has 0 unspecified atom stereocenters. The molecule has 2 fully saturated rings. The van der Waals surface area contributed by atoms with Crippen LogP contribution in [0.5, 0.6) is 11.6 Å². The summed E-state index contributed by atoms with van der Waals surface area (Å²) in [6.07, 6.45) is -0.862. The molecule has 3 N–H and O–H groups in total. The van der Waals surface area contributed by atoms with Crippen molar-refractivity contribution in [3.63, 3.8) is 0 Å². The van der Waals surface area contributed by atoms with Gasteiger partial charge in [-0.05, 0) is 58.3 Å². The van der Waals surface area contributed by atoms with Crippen molar-refractivity contribution in [3.8, 4) is 11.6 Å². The number of ether oxygens (including phenoxy) is 2. The fraction of sp³-hybridized carbons (Fsp3) is 0.593. The summed E-state index contributed by atoms with van der Waals surface area (Å²) in [6, 6.07) is 1.31. The summed E-state index contributed by atoms with van der Waals surface area (Å²) in [6.45, 7) is 1.60. The van der Waals surface area contributed by atoms with Gasteiger partial charge in [-0.25, -0.2) is 22.5 Å². The number of carbonyl (C=O) groups excluding carboxylic acids is 1. The largest absolute Gasteiger partial charge is 0.495 e. The number of aromatic nitrogens is 2. The monoisotopic (exact) mass is 634 g/mol. The predicted octanol–water partition coefficient (Wildman–Crippen LogP) is 4.09. The van der Waals surface area contributed by atoms with E-state index in [9.17, 15) is 26.4 Å². The van der Waals surface area contributed by atoms with Gasteiger partial charge in [0.1, 0.15) is 23.2 Å². The fourth-order valence-corrected chi connectivity index (χ4v) is 5.85. The van der Waals surface area contributed by atoms with Gasteiger partial charge >= 0.3 is 6.18 Å². The number of carbonyl (C=O) groups is 1. The van der Waals surface area contributed by atoms with E-state index in [0.717, 1.165) is 38.3 Å². The molecule has 4 rings (SSSR count). The van der Waals surface area contributed by atoms with E-state index < -0.39 is 51.5 Å². The zero-order chi connectivity index (χ0) is 30.7. The van der Waals surface area contributed by atoms with Crippen LogP contribution in [0.15, 0.2) is 18.3 Å². The minimum Gasteiger partial charge on any atom is -0.495 e. The Balaban J connectivity index is 0.00000506. The minimum atomic E-state index is -4.87. The number of nitrogens with one attached hydrogen (secondary N) is 3. The second-order valence-electron chi connectivity index (χ2n) is 10.6. The maximum absolute atomic E-state index is 15.1. The third-order valence-electron chi connectivity index (χ3n) is 7.22. The number of rotatable bonds is 9. The number of sulfonamides is 1. The van der Waals surface area contributed by atoms with E-state index in [1.165, 1.54) is 13.2 Å². The van der Waals surface area contributed by atoms with Crippen LogP contribution < -0.4 is 24.8 Å². The first-order valence-electron chi connectivity index (χ1n) is 13.5. The number of hydrogen-bond acceptors (Lipinski definition) is 9. The van der Waals surface area contributed by atoms with Gasteiger partial charge in [-0.2, -0.15) is 18.2 Å². The molecule has 1 aromatic heterocycles. The van der Waals surface area contributed by atoms with Crippen molar-refractivity contribution in [2.45, 2.75) is 70.3 Å². The van der Waals surface area contributed by atoms with Gasteiger partial charge in [0.25, 0.3) is 5.91 Å². The van der Waals surface area contributed by atoms with Gasteiger partial charge < -0.3 is 25.0 Å². The van der Waals surface area contributed by atoms with Crippen molar-refractivity contribution < 1.29 is 40.2 Å². The first-order chi connectivity index (χ1) is 19.7. The van der Waals surface area contributed by atoms with Gasteiger partial charge in [-0.1, -0.05) is 13.8 Å². The van der Waals surface area contributed by atoms with E-state index in [2.05, 4.69) is 30.2 Å². The molecule has 1 saturated carbocycles. The summed E-state index contributed by atoms with van der Waals surface area (Å²) in [5.74, 6) is -2.63. The van der Waals surface area contributed by atoms with E-state index in [-0.39, 0.29) is 36.4 Å². The number of amides is 1. The topological polar surface area (TPSA) is 135 Å². The lowest BCUT2D eigenvalue weighted by atomic mass is 9.93. The van der Waals surface area contributed by atoms with Crippen LogP contribution in [0.3, 0.4) is 0 Å². The number of alkyl halides is 3. The van der Waals surface area contributed by atoms with E-state index >= 15 is 4.39 Å². The Kier molecular flexibility index (Phi) is 11.2. The zero-order valence-electron chi connectivity index (χ0n) is 23.4. The molecule has 11 nitrogen and oxygen atoms in total. The number of hydrogen-bond donors (Lipinski definition) is 3. The number of likely N-dealkylation sites (tertiary alicyclic amines) is 1. The molecular weight excluding hydrogens is 596 g/mol. The molecule has 0 spiro atoms. The summed E-state index contributed by atoms with van der Waals surface area (Å²) in [4.78, 5) is 22.6. The number of anilines is 2. The van der Waals surface area contributed by atoms with Crippen molar-refractivity contribution >= 4 is 27.6 Å². The lowest BCUT2D eigenvalue weighted by molar-refractivity contribution is -0.140. The van der Waals surface area contributed by atoms with Crippen LogP contribution in [0.4, 0.5) is 29.2 Å². The third kappa shape index (κ3) is 9.13. The van der Waals surface area contributed by atoms with Crippen LogP contribution >= 0.6 is 0 Å². The number of methoxy groups -OCH3 is 1. The Hall–Kier alpha value is -3.24. The molecule has 240 valence electrons. The van der Waals surface area contributed by atoms with Gasteiger partial charge in [0.05, 0.1) is 30.7 Å². The number of nitrogens with zero attached hydrogens (tertiary/aromatic N) is 3. The van der Waals surface area contributed by atoms with Gasteiger partial charge in [0.2, 0.25) is 21.9 Å². The van der Waals surface area contributed by atoms with Crippen molar-refractivity contribution in [2.24, 2.45) is 0 Å². The summed E-state index contributed by atoms with van der Waals surface area (Å²) in [5, 5.41) is 5.47. The van der Waals surface area contributed by atoms with Crippen LogP contribution in [0.2, 0.25) is 0 Å². The summed E-state index contributed by atoms with van der Waals surface area (Å²) in [5.41, 5.74) is -1.54. The number of piperidine rings is 1. The van der Waals surface area contributed by atoms with Crippen molar-refractivity contribution in [2.75, 3.05) is 38.8 Å². The smallest absolute Gasteiger partial charge is 0.423 e. The highest BCUT2D eigenvalue weighted by Gasteiger charge is 2.38. The number of benzene rings is 1. The van der Waals surface area contributed by atoms with E-state index in [4.69, 9.17) is 9.47 Å². The molecule has 2 aromatic rings. The molecule has 1 aromatic carbocycles. The molecule has 2 heterocycles. The molecule has 1 amide bonds. The van der Waals surface area contributed by atoms with Crippen molar-refractivity contribution in [1.82, 2.24) is 24.9 Å². The Bertz CT molecular complexity index is 1390. The van der Waals surface area contributed by atoms with Crippen LogP contribution in [-0.4, -0.2) is 80.9 Å². The lowest BCUT2D eigenvalue weighted by Crippen LogP contribution is -2.47. The lowest BCUT2D eigenvalue weighted by Gasteiger charge is -2.32. The highest BCUT2D eigenvalue weighted by Crippen LogP contribution is 2.38. The van der Waals surface area contributed by atoms with Crippen molar-refractivity contribution in [1.29, 1.82) is 0 Å². The molecule has 0 radical (unpaired) electrons. The van der Waals surface area contributed by atoms with Crippen LogP contribution in [0.1, 0.15) is 61.9 Å². The Morgan fingerprint density at radius 2 is 1.79 bits per heavy atom. The van der Waals surface area contributed by atoms with Gasteiger partial charge in [0.15, 0.2) is 0 Å². The maximum Gasteiger partial charge on any atom is 0.423 e. The Labute approximate surface area is 248 Å². The summed E-state index contributed by atoms with van der Waals surface area (Å²) >= 11 is 0. The second-order valence-corrected chi connectivity index (χ2v) is 12.3. The standard InChI is InChI=1S/C26H34F4N6O5S.CH4/c1-36-10-8-15(9-11-36)32-23(37)16-12-22(40-2)20(13-18(16)27)33-25-31-14-17(26(28,29)30)24(34-25)41-21-7-5-4-6-19(21)35-42(3,38)39;/h12-15,19,21,35H,4-11H2,1-3H3,(H,32,37)(H,31,33,34);1H4/t19-,21-;/m1./s1. The van der Waals surface area contributed by atoms with Crippen LogP contribution in [0.25, 0.3) is 0 Å². The molecular formula is C27H38F4N6O5S. The molecule has 43 heavy (non-hydrogen) atoms. The normalized spacial score (nSPS) is 20.2. The molecule has 1 saturated heterocycles. The molecule has 2 atom stereocenters.